The van der Waals surface area contributed by atoms with E-state index in [0.29, 0.717) is 53.7 Å². The number of alkyl halides is 3. The van der Waals surface area contributed by atoms with Crippen molar-refractivity contribution in [2.45, 2.75) is 39.0 Å². The van der Waals surface area contributed by atoms with Crippen LogP contribution in [-0.4, -0.2) is 56.2 Å². The summed E-state index contributed by atoms with van der Waals surface area (Å²) in [4.78, 5) is 30.6. The molecule has 0 bridgehead atoms. The van der Waals surface area contributed by atoms with E-state index in [1.54, 1.807) is 37.8 Å². The molecule has 0 aliphatic carbocycles. The number of nitrogens with one attached hydrogen (secondary N) is 1. The SMILES string of the molecule is CC(C)(C)OC(=O)N1CCC(CNc2nc(C(F)(F)F)ccc2-c2cc(Oc3cccc4sc(N)nc34)ncn2)C1. The summed E-state index contributed by atoms with van der Waals surface area (Å²) in [6.07, 6.45) is -3.12. The average molecular weight is 588 g/mol. The molecule has 14 heteroatoms. The first-order chi connectivity index (χ1) is 19.4. The number of nitrogen functional groups attached to an aromatic ring is 1. The van der Waals surface area contributed by atoms with Gasteiger partial charge in [0.1, 0.15) is 29.0 Å². The van der Waals surface area contributed by atoms with Gasteiger partial charge in [0.2, 0.25) is 5.88 Å². The number of fused-ring (bicyclic) bond motifs is 1. The quantitative estimate of drug-likeness (QED) is 0.270. The Bertz CT molecular complexity index is 1570. The van der Waals surface area contributed by atoms with E-state index in [2.05, 4.69) is 25.3 Å². The molecule has 1 unspecified atom stereocenters. The van der Waals surface area contributed by atoms with E-state index in [0.717, 1.165) is 10.8 Å². The van der Waals surface area contributed by atoms with Gasteiger partial charge >= 0.3 is 12.3 Å². The highest BCUT2D eigenvalue weighted by atomic mass is 32.1. The number of benzene rings is 1. The summed E-state index contributed by atoms with van der Waals surface area (Å²) in [6.45, 7) is 6.57. The largest absolute Gasteiger partial charge is 0.444 e. The van der Waals surface area contributed by atoms with Crippen molar-refractivity contribution in [3.8, 4) is 22.9 Å². The van der Waals surface area contributed by atoms with Gasteiger partial charge in [0.25, 0.3) is 0 Å². The molecule has 4 aromatic rings. The number of pyridine rings is 1. The lowest BCUT2D eigenvalue weighted by molar-refractivity contribution is -0.141. The van der Waals surface area contributed by atoms with E-state index in [1.807, 2.05) is 6.07 Å². The topological polar surface area (TPSA) is 128 Å². The Morgan fingerprint density at radius 2 is 1.98 bits per heavy atom. The molecule has 1 amide bonds. The van der Waals surface area contributed by atoms with Crippen LogP contribution < -0.4 is 15.8 Å². The summed E-state index contributed by atoms with van der Waals surface area (Å²) in [5.74, 6) is 0.597. The van der Waals surface area contributed by atoms with Gasteiger partial charge in [0.15, 0.2) is 10.9 Å². The number of aromatic nitrogens is 4. The third kappa shape index (κ3) is 6.76. The number of carbonyl (C=O) groups is 1. The number of hydrogen-bond donors (Lipinski definition) is 2. The van der Waals surface area contributed by atoms with Gasteiger partial charge in [-0.1, -0.05) is 17.4 Å². The summed E-state index contributed by atoms with van der Waals surface area (Å²) in [7, 11) is 0. The van der Waals surface area contributed by atoms with Gasteiger partial charge < -0.3 is 25.4 Å². The number of anilines is 2. The fraction of sp³-hybridized carbons (Fsp3) is 0.370. The molecule has 3 N–H and O–H groups in total. The number of likely N-dealkylation sites (tertiary alicyclic amines) is 1. The number of rotatable bonds is 6. The minimum atomic E-state index is -4.64. The van der Waals surface area contributed by atoms with Crippen molar-refractivity contribution in [2.24, 2.45) is 5.92 Å². The monoisotopic (exact) mass is 587 g/mol. The van der Waals surface area contributed by atoms with Crippen molar-refractivity contribution >= 4 is 38.6 Å². The van der Waals surface area contributed by atoms with Gasteiger partial charge in [-0.25, -0.2) is 24.7 Å². The molecule has 1 saturated heterocycles. The number of amides is 1. The molecule has 0 saturated carbocycles. The molecule has 41 heavy (non-hydrogen) atoms. The molecule has 5 rings (SSSR count). The van der Waals surface area contributed by atoms with Crippen LogP contribution >= 0.6 is 11.3 Å². The molecule has 1 aliphatic rings. The zero-order chi connectivity index (χ0) is 29.4. The van der Waals surface area contributed by atoms with Crippen molar-refractivity contribution in [3.05, 3.63) is 48.4 Å². The maximum atomic E-state index is 13.5. The van der Waals surface area contributed by atoms with Gasteiger partial charge in [-0.15, -0.1) is 0 Å². The molecule has 216 valence electrons. The van der Waals surface area contributed by atoms with Crippen molar-refractivity contribution in [1.82, 2.24) is 24.8 Å². The van der Waals surface area contributed by atoms with Gasteiger partial charge in [0, 0.05) is 31.3 Å². The zero-order valence-corrected chi connectivity index (χ0v) is 23.3. The Morgan fingerprint density at radius 1 is 1.17 bits per heavy atom. The van der Waals surface area contributed by atoms with Gasteiger partial charge in [-0.2, -0.15) is 13.2 Å². The highest BCUT2D eigenvalue weighted by Gasteiger charge is 2.34. The Morgan fingerprint density at radius 3 is 2.73 bits per heavy atom. The summed E-state index contributed by atoms with van der Waals surface area (Å²) in [5.41, 5.74) is 5.40. The molecule has 1 fully saturated rings. The molecule has 1 atom stereocenters. The Labute approximate surface area is 237 Å². The average Bonchev–Trinajstić information content (AvgIpc) is 3.53. The number of hydrogen-bond acceptors (Lipinski definition) is 10. The first-order valence-electron chi connectivity index (χ1n) is 12.8. The Hall–Kier alpha value is -4.20. The second kappa shape index (κ2) is 11.0. The Balaban J connectivity index is 1.37. The van der Waals surface area contributed by atoms with Crippen molar-refractivity contribution in [3.63, 3.8) is 0 Å². The third-order valence-corrected chi connectivity index (χ3v) is 7.06. The van der Waals surface area contributed by atoms with E-state index in [9.17, 15) is 18.0 Å². The lowest BCUT2D eigenvalue weighted by Crippen LogP contribution is -2.35. The number of para-hydroxylation sites is 1. The molecule has 3 aromatic heterocycles. The van der Waals surface area contributed by atoms with Crippen LogP contribution in [0.1, 0.15) is 32.9 Å². The number of thiazole rings is 1. The predicted molar refractivity (Wildman–Crippen MR) is 149 cm³/mol. The summed E-state index contributed by atoms with van der Waals surface area (Å²) in [6, 6.07) is 9.12. The maximum Gasteiger partial charge on any atom is 0.433 e. The van der Waals surface area contributed by atoms with Crippen LogP contribution in [-0.2, 0) is 10.9 Å². The normalized spacial score (nSPS) is 15.8. The fourth-order valence-corrected chi connectivity index (χ4v) is 5.12. The minimum Gasteiger partial charge on any atom is -0.444 e. The highest BCUT2D eigenvalue weighted by Crippen LogP contribution is 2.36. The zero-order valence-electron chi connectivity index (χ0n) is 22.5. The van der Waals surface area contributed by atoms with Crippen LogP contribution in [0, 0.1) is 5.92 Å². The fourth-order valence-electron chi connectivity index (χ4n) is 4.37. The molecule has 4 heterocycles. The standard InChI is InChI=1S/C27H28F3N7O3S/c1-26(2,3)40-25(38)37-10-9-15(13-37)12-32-23-16(7-8-20(35-23)27(28,29)30)17-11-21(34-14-33-17)39-18-5-4-6-19-22(18)36-24(31)41-19/h4-8,11,14-15H,9-10,12-13H2,1-3H3,(H2,31,36)(H,32,35). The minimum absolute atomic E-state index is 0.00886. The van der Waals surface area contributed by atoms with Crippen LogP contribution in [0.2, 0.25) is 0 Å². The second-order valence-electron chi connectivity index (χ2n) is 10.6. The van der Waals surface area contributed by atoms with Crippen molar-refractivity contribution in [1.29, 1.82) is 0 Å². The summed E-state index contributed by atoms with van der Waals surface area (Å²) < 4.78 is 52.9. The van der Waals surface area contributed by atoms with Crippen LogP contribution in [0.4, 0.5) is 28.9 Å². The molecule has 1 aromatic carbocycles. The summed E-state index contributed by atoms with van der Waals surface area (Å²) in [5, 5.41) is 3.45. The van der Waals surface area contributed by atoms with E-state index in [1.165, 1.54) is 29.8 Å². The van der Waals surface area contributed by atoms with E-state index in [-0.39, 0.29) is 17.6 Å². The van der Waals surface area contributed by atoms with Crippen molar-refractivity contribution in [2.75, 3.05) is 30.7 Å². The second-order valence-corrected chi connectivity index (χ2v) is 11.6. The predicted octanol–water partition coefficient (Wildman–Crippen LogP) is 6.21. The van der Waals surface area contributed by atoms with E-state index < -0.39 is 23.6 Å². The molecule has 1 aliphatic heterocycles. The van der Waals surface area contributed by atoms with Crippen molar-refractivity contribution < 1.29 is 27.4 Å². The molecular weight excluding hydrogens is 559 g/mol. The first kappa shape index (κ1) is 28.3. The molecule has 0 radical (unpaired) electrons. The van der Waals surface area contributed by atoms with Crippen LogP contribution in [0.3, 0.4) is 0 Å². The van der Waals surface area contributed by atoms with Gasteiger partial charge in [0.05, 0.1) is 10.4 Å². The molecule has 0 spiro atoms. The maximum absolute atomic E-state index is 13.5. The van der Waals surface area contributed by atoms with Crippen LogP contribution in [0.15, 0.2) is 42.7 Å². The number of carbonyl (C=O) groups excluding carboxylic acids is 1. The molecular formula is C27H28F3N7O3S. The smallest absolute Gasteiger partial charge is 0.433 e. The summed E-state index contributed by atoms with van der Waals surface area (Å²) >= 11 is 1.32. The van der Waals surface area contributed by atoms with Crippen LogP contribution in [0.25, 0.3) is 21.5 Å². The molecule has 10 nitrogen and oxygen atoms in total. The van der Waals surface area contributed by atoms with E-state index >= 15 is 0 Å². The van der Waals surface area contributed by atoms with E-state index in [4.69, 9.17) is 15.2 Å². The number of halogens is 3. The lowest BCUT2D eigenvalue weighted by Gasteiger charge is -2.24. The number of nitrogens with two attached hydrogens (primary N) is 1. The van der Waals surface area contributed by atoms with Crippen LogP contribution in [0.5, 0.6) is 11.6 Å². The number of ether oxygens (including phenoxy) is 2. The van der Waals surface area contributed by atoms with Gasteiger partial charge in [-0.3, -0.25) is 0 Å². The first-order valence-corrected chi connectivity index (χ1v) is 13.6. The van der Waals surface area contributed by atoms with Gasteiger partial charge in [-0.05, 0) is 57.4 Å². The third-order valence-electron chi connectivity index (χ3n) is 6.21. The lowest BCUT2D eigenvalue weighted by atomic mass is 10.1. The Kier molecular flexibility index (Phi) is 7.60. The highest BCUT2D eigenvalue weighted by molar-refractivity contribution is 7.22. The number of nitrogens with zero attached hydrogens (tertiary/aromatic N) is 5.